The van der Waals surface area contributed by atoms with Crippen molar-refractivity contribution in [3.8, 4) is 0 Å². The predicted octanol–water partition coefficient (Wildman–Crippen LogP) is 4.29. The summed E-state index contributed by atoms with van der Waals surface area (Å²) in [5, 5.41) is 0.601. The van der Waals surface area contributed by atoms with Crippen molar-refractivity contribution in [1.29, 1.82) is 0 Å². The lowest BCUT2D eigenvalue weighted by atomic mass is 10.2. The van der Waals surface area contributed by atoms with Crippen molar-refractivity contribution < 1.29 is 4.79 Å². The van der Waals surface area contributed by atoms with E-state index in [1.165, 1.54) is 11.8 Å². The molecule has 1 N–H and O–H groups in total. The maximum absolute atomic E-state index is 12.9. The van der Waals surface area contributed by atoms with Gasteiger partial charge in [-0.1, -0.05) is 37.2 Å². The van der Waals surface area contributed by atoms with Crippen molar-refractivity contribution in [3.05, 3.63) is 51.9 Å². The van der Waals surface area contributed by atoms with Crippen LogP contribution in [0.15, 0.2) is 40.3 Å². The second-order valence-electron chi connectivity index (χ2n) is 7.18. The van der Waals surface area contributed by atoms with E-state index in [1.807, 2.05) is 51.1 Å². The van der Waals surface area contributed by atoms with Crippen LogP contribution in [0.25, 0.3) is 11.0 Å². The zero-order chi connectivity index (χ0) is 21.0. The molecule has 0 bridgehead atoms. The normalized spacial score (nSPS) is 11.2. The van der Waals surface area contributed by atoms with E-state index >= 15 is 0 Å². The minimum Gasteiger partial charge on any atom is -0.353 e. The van der Waals surface area contributed by atoms with Crippen molar-refractivity contribution in [2.75, 3.05) is 17.2 Å². The molecule has 0 aliphatic carbocycles. The maximum atomic E-state index is 12.9. The highest BCUT2D eigenvalue weighted by Crippen LogP contribution is 2.22. The lowest BCUT2D eigenvalue weighted by Crippen LogP contribution is -2.32. The molecule has 2 aromatic heterocycles. The molecule has 0 fully saturated rings. The standard InChI is InChI=1S/C22H28N4O2S/c1-5-7-11-26-21(28)20-18(13-16(4)23-20)24-22(26)29-14-19(27)25(6-2)17-10-8-9-15(3)12-17/h8-10,12-13,23H,5-7,11,14H2,1-4H3. The number of nitrogens with zero attached hydrogens (tertiary/aromatic N) is 3. The molecule has 154 valence electrons. The number of amides is 1. The van der Waals surface area contributed by atoms with Crippen LogP contribution in [0.1, 0.15) is 37.9 Å². The van der Waals surface area contributed by atoms with Crippen LogP contribution in [-0.2, 0) is 11.3 Å². The highest BCUT2D eigenvalue weighted by atomic mass is 32.2. The zero-order valence-corrected chi connectivity index (χ0v) is 18.3. The third-order valence-corrected chi connectivity index (χ3v) is 5.79. The van der Waals surface area contributed by atoms with E-state index in [0.29, 0.717) is 29.3 Å². The van der Waals surface area contributed by atoms with E-state index in [9.17, 15) is 9.59 Å². The molecular formula is C22H28N4O2S. The molecule has 0 aliphatic rings. The van der Waals surface area contributed by atoms with Gasteiger partial charge in [-0.05, 0) is 51.0 Å². The van der Waals surface area contributed by atoms with Gasteiger partial charge in [-0.25, -0.2) is 4.98 Å². The van der Waals surface area contributed by atoms with E-state index in [0.717, 1.165) is 29.8 Å². The molecule has 2 heterocycles. The first-order valence-corrected chi connectivity index (χ1v) is 11.0. The number of hydrogen-bond acceptors (Lipinski definition) is 4. The number of unbranched alkanes of at least 4 members (excludes halogenated alkanes) is 1. The van der Waals surface area contributed by atoms with Crippen molar-refractivity contribution in [2.45, 2.75) is 52.2 Å². The van der Waals surface area contributed by atoms with Gasteiger partial charge >= 0.3 is 0 Å². The number of hydrogen-bond donors (Lipinski definition) is 1. The number of fused-ring (bicyclic) bond motifs is 1. The molecule has 0 saturated carbocycles. The van der Waals surface area contributed by atoms with Gasteiger partial charge in [0.1, 0.15) is 5.52 Å². The van der Waals surface area contributed by atoms with Crippen LogP contribution in [0.5, 0.6) is 0 Å². The van der Waals surface area contributed by atoms with Crippen LogP contribution in [-0.4, -0.2) is 32.7 Å². The molecule has 29 heavy (non-hydrogen) atoms. The van der Waals surface area contributed by atoms with E-state index in [1.54, 1.807) is 9.47 Å². The summed E-state index contributed by atoms with van der Waals surface area (Å²) in [5.74, 6) is 0.236. The Morgan fingerprint density at radius 1 is 1.24 bits per heavy atom. The van der Waals surface area contributed by atoms with Crippen LogP contribution >= 0.6 is 11.8 Å². The summed E-state index contributed by atoms with van der Waals surface area (Å²) in [4.78, 5) is 35.4. The number of rotatable bonds is 8. The lowest BCUT2D eigenvalue weighted by Gasteiger charge is -2.21. The van der Waals surface area contributed by atoms with Gasteiger partial charge in [-0.3, -0.25) is 14.2 Å². The number of anilines is 1. The fourth-order valence-corrected chi connectivity index (χ4v) is 4.24. The van der Waals surface area contributed by atoms with Crippen molar-refractivity contribution in [2.24, 2.45) is 0 Å². The van der Waals surface area contributed by atoms with Crippen LogP contribution in [0, 0.1) is 13.8 Å². The Balaban J connectivity index is 1.86. The van der Waals surface area contributed by atoms with Crippen molar-refractivity contribution in [1.82, 2.24) is 14.5 Å². The van der Waals surface area contributed by atoms with Gasteiger partial charge in [0.05, 0.1) is 11.3 Å². The fraction of sp³-hybridized carbons (Fsp3) is 0.409. The van der Waals surface area contributed by atoms with Crippen LogP contribution in [0.2, 0.25) is 0 Å². The zero-order valence-electron chi connectivity index (χ0n) is 17.5. The molecule has 3 rings (SSSR count). The molecule has 0 spiro atoms. The predicted molar refractivity (Wildman–Crippen MR) is 120 cm³/mol. The monoisotopic (exact) mass is 412 g/mol. The lowest BCUT2D eigenvalue weighted by molar-refractivity contribution is -0.116. The van der Waals surface area contributed by atoms with E-state index in [4.69, 9.17) is 0 Å². The largest absolute Gasteiger partial charge is 0.353 e. The summed E-state index contributed by atoms with van der Waals surface area (Å²) in [5.41, 5.74) is 4.03. The molecule has 6 nitrogen and oxygen atoms in total. The second-order valence-corrected chi connectivity index (χ2v) is 8.13. The van der Waals surface area contributed by atoms with Gasteiger partial charge < -0.3 is 9.88 Å². The van der Waals surface area contributed by atoms with E-state index in [-0.39, 0.29) is 17.2 Å². The van der Waals surface area contributed by atoms with Gasteiger partial charge in [-0.2, -0.15) is 0 Å². The quantitative estimate of drug-likeness (QED) is 0.443. The fourth-order valence-electron chi connectivity index (χ4n) is 3.34. The Kier molecular flexibility index (Phi) is 6.79. The smallest absolute Gasteiger partial charge is 0.278 e. The molecule has 7 heteroatoms. The summed E-state index contributed by atoms with van der Waals surface area (Å²) in [6, 6.07) is 9.80. The first-order valence-electron chi connectivity index (χ1n) is 10.0. The number of aromatic nitrogens is 3. The first kappa shape index (κ1) is 21.2. The number of carbonyl (C=O) groups is 1. The molecule has 1 amide bonds. The summed E-state index contributed by atoms with van der Waals surface area (Å²) >= 11 is 1.33. The molecule has 0 unspecified atom stereocenters. The second kappa shape index (κ2) is 9.31. The molecule has 0 atom stereocenters. The van der Waals surface area contributed by atoms with Crippen LogP contribution in [0.4, 0.5) is 5.69 Å². The van der Waals surface area contributed by atoms with Gasteiger partial charge in [0, 0.05) is 24.5 Å². The Morgan fingerprint density at radius 2 is 2.03 bits per heavy atom. The van der Waals surface area contributed by atoms with Crippen LogP contribution in [0.3, 0.4) is 0 Å². The highest BCUT2D eigenvalue weighted by Gasteiger charge is 2.18. The Bertz CT molecular complexity index is 1070. The Labute approximate surface area is 175 Å². The molecule has 0 saturated heterocycles. The number of nitrogens with one attached hydrogen (secondary N) is 1. The SMILES string of the molecule is CCCCn1c(SCC(=O)N(CC)c2cccc(C)c2)nc2cc(C)[nH]c2c1=O. The average molecular weight is 413 g/mol. The number of aryl methyl sites for hydroxylation is 2. The number of thioether (sulfide) groups is 1. The summed E-state index contributed by atoms with van der Waals surface area (Å²) in [6.07, 6.45) is 1.87. The first-order chi connectivity index (χ1) is 13.9. The number of carbonyl (C=O) groups excluding carboxylic acids is 1. The van der Waals surface area contributed by atoms with E-state index < -0.39 is 0 Å². The maximum Gasteiger partial charge on any atom is 0.278 e. The Hall–Kier alpha value is -2.54. The molecule has 3 aromatic rings. The highest BCUT2D eigenvalue weighted by molar-refractivity contribution is 7.99. The van der Waals surface area contributed by atoms with Gasteiger partial charge in [0.15, 0.2) is 5.16 Å². The molecule has 1 aromatic carbocycles. The minimum absolute atomic E-state index is 0.00439. The van der Waals surface area contributed by atoms with Crippen LogP contribution < -0.4 is 10.5 Å². The topological polar surface area (TPSA) is 71.0 Å². The van der Waals surface area contributed by atoms with Crippen molar-refractivity contribution >= 4 is 34.4 Å². The third-order valence-electron chi connectivity index (χ3n) is 4.83. The van der Waals surface area contributed by atoms with Gasteiger partial charge in [-0.15, -0.1) is 0 Å². The van der Waals surface area contributed by atoms with Crippen molar-refractivity contribution in [3.63, 3.8) is 0 Å². The average Bonchev–Trinajstić information content (AvgIpc) is 3.07. The van der Waals surface area contributed by atoms with Gasteiger partial charge in [0.2, 0.25) is 5.91 Å². The third kappa shape index (κ3) is 4.72. The molecular weight excluding hydrogens is 384 g/mol. The number of benzene rings is 1. The Morgan fingerprint density at radius 3 is 2.72 bits per heavy atom. The molecule has 0 aliphatic heterocycles. The number of H-pyrrole nitrogens is 1. The summed E-state index contributed by atoms with van der Waals surface area (Å²) in [7, 11) is 0. The minimum atomic E-state index is -0.0717. The van der Waals surface area contributed by atoms with Gasteiger partial charge in [0.25, 0.3) is 5.56 Å². The number of aromatic amines is 1. The molecule has 0 radical (unpaired) electrons. The summed E-state index contributed by atoms with van der Waals surface area (Å²) < 4.78 is 1.70. The summed E-state index contributed by atoms with van der Waals surface area (Å²) in [6.45, 7) is 9.18. The van der Waals surface area contributed by atoms with E-state index in [2.05, 4.69) is 16.9 Å².